The molecule has 28 heavy (non-hydrogen) atoms. The van der Waals surface area contributed by atoms with E-state index in [0.29, 0.717) is 17.0 Å². The Balaban J connectivity index is 1.54. The zero-order valence-electron chi connectivity index (χ0n) is 15.9. The Bertz CT molecular complexity index is 956. The average molecular weight is 379 g/mol. The van der Waals surface area contributed by atoms with Crippen molar-refractivity contribution < 1.29 is 19.1 Å². The van der Waals surface area contributed by atoms with Gasteiger partial charge >= 0.3 is 5.97 Å². The number of amides is 1. The molecule has 7 heteroatoms. The largest absolute Gasteiger partial charge is 0.497 e. The van der Waals surface area contributed by atoms with Crippen LogP contribution in [0.4, 0.5) is 5.69 Å². The molecule has 0 bridgehead atoms. The molecule has 0 saturated heterocycles. The van der Waals surface area contributed by atoms with Crippen molar-refractivity contribution in [3.8, 4) is 17.1 Å². The highest BCUT2D eigenvalue weighted by molar-refractivity contribution is 5.95. The molecule has 0 spiro atoms. The number of aryl methyl sites for hydroxylation is 2. The molecular weight excluding hydrogens is 358 g/mol. The minimum absolute atomic E-state index is 0.362. The molecule has 0 unspecified atom stereocenters. The molecule has 1 heterocycles. The molecule has 0 aliphatic heterocycles. The van der Waals surface area contributed by atoms with Crippen LogP contribution in [0.5, 0.6) is 5.75 Å². The van der Waals surface area contributed by atoms with E-state index in [9.17, 15) is 9.59 Å². The number of ether oxygens (including phenoxy) is 2. The smallest absolute Gasteiger partial charge is 0.338 e. The molecule has 2 aromatic carbocycles. The number of anilines is 1. The van der Waals surface area contributed by atoms with E-state index in [1.165, 1.54) is 0 Å². The van der Waals surface area contributed by atoms with Gasteiger partial charge in [-0.25, -0.2) is 9.78 Å². The van der Waals surface area contributed by atoms with E-state index in [2.05, 4.69) is 15.3 Å². The summed E-state index contributed by atoms with van der Waals surface area (Å²) < 4.78 is 10.1. The molecule has 0 atom stereocenters. The van der Waals surface area contributed by atoms with Crippen LogP contribution < -0.4 is 10.1 Å². The fourth-order valence-corrected chi connectivity index (χ4v) is 2.53. The van der Waals surface area contributed by atoms with Gasteiger partial charge in [-0.05, 0) is 50.2 Å². The van der Waals surface area contributed by atoms with Crippen LogP contribution in [0.15, 0.2) is 48.5 Å². The molecule has 2 N–H and O–H groups in total. The molecule has 0 saturated carbocycles. The lowest BCUT2D eigenvalue weighted by Crippen LogP contribution is -2.20. The second-order valence-electron chi connectivity index (χ2n) is 6.23. The number of benzene rings is 2. The van der Waals surface area contributed by atoms with Crippen LogP contribution >= 0.6 is 0 Å². The first-order chi connectivity index (χ1) is 13.5. The molecule has 3 rings (SSSR count). The Morgan fingerprint density at radius 2 is 1.71 bits per heavy atom. The summed E-state index contributed by atoms with van der Waals surface area (Å²) >= 11 is 0. The van der Waals surface area contributed by atoms with Gasteiger partial charge in [0.1, 0.15) is 11.6 Å². The van der Waals surface area contributed by atoms with Crippen molar-refractivity contribution in [1.82, 2.24) is 9.97 Å². The second kappa shape index (κ2) is 8.39. The number of nitrogens with one attached hydrogen (secondary N) is 2. The number of aromatic nitrogens is 2. The third-order valence-corrected chi connectivity index (χ3v) is 4.23. The van der Waals surface area contributed by atoms with Crippen molar-refractivity contribution >= 4 is 17.6 Å². The van der Waals surface area contributed by atoms with E-state index in [-0.39, 0.29) is 6.61 Å². The highest BCUT2D eigenvalue weighted by Crippen LogP contribution is 2.19. The number of rotatable bonds is 6. The molecule has 144 valence electrons. The monoisotopic (exact) mass is 379 g/mol. The van der Waals surface area contributed by atoms with Gasteiger partial charge in [0.2, 0.25) is 0 Å². The maximum atomic E-state index is 12.1. The maximum Gasteiger partial charge on any atom is 0.338 e. The molecule has 0 aliphatic carbocycles. The summed E-state index contributed by atoms with van der Waals surface area (Å²) in [6.45, 7) is 3.51. The molecule has 1 amide bonds. The predicted molar refractivity (Wildman–Crippen MR) is 105 cm³/mol. The van der Waals surface area contributed by atoms with Gasteiger partial charge in [0.25, 0.3) is 5.91 Å². The number of carbonyl (C=O) groups is 2. The van der Waals surface area contributed by atoms with Crippen LogP contribution in [-0.2, 0) is 9.53 Å². The van der Waals surface area contributed by atoms with Crippen molar-refractivity contribution in [1.29, 1.82) is 0 Å². The van der Waals surface area contributed by atoms with Crippen molar-refractivity contribution in [2.75, 3.05) is 19.0 Å². The summed E-state index contributed by atoms with van der Waals surface area (Å²) in [6, 6.07) is 13.7. The molecule has 3 aromatic rings. The lowest BCUT2D eigenvalue weighted by molar-refractivity contribution is -0.119. The minimum atomic E-state index is -0.566. The number of hydrogen-bond donors (Lipinski definition) is 2. The highest BCUT2D eigenvalue weighted by atomic mass is 16.5. The highest BCUT2D eigenvalue weighted by Gasteiger charge is 2.12. The van der Waals surface area contributed by atoms with Gasteiger partial charge in [-0.2, -0.15) is 0 Å². The van der Waals surface area contributed by atoms with Crippen LogP contribution in [0.25, 0.3) is 11.4 Å². The Morgan fingerprint density at radius 1 is 1.04 bits per heavy atom. The number of carbonyl (C=O) groups excluding carboxylic acids is 2. The Kier molecular flexibility index (Phi) is 5.74. The normalized spacial score (nSPS) is 10.4. The minimum Gasteiger partial charge on any atom is -0.497 e. The average Bonchev–Trinajstić information content (AvgIpc) is 3.05. The number of nitrogens with zero attached hydrogens (tertiary/aromatic N) is 1. The summed E-state index contributed by atoms with van der Waals surface area (Å²) in [5, 5.41) is 2.65. The number of hydrogen-bond acceptors (Lipinski definition) is 5. The zero-order chi connectivity index (χ0) is 20.1. The Morgan fingerprint density at radius 3 is 2.29 bits per heavy atom. The van der Waals surface area contributed by atoms with E-state index < -0.39 is 11.9 Å². The maximum absolute atomic E-state index is 12.1. The van der Waals surface area contributed by atoms with Gasteiger partial charge in [-0.3, -0.25) is 4.79 Å². The van der Waals surface area contributed by atoms with Gasteiger partial charge in [0, 0.05) is 16.9 Å². The summed E-state index contributed by atoms with van der Waals surface area (Å²) in [7, 11) is 1.57. The molecule has 0 radical (unpaired) electrons. The van der Waals surface area contributed by atoms with Crippen molar-refractivity contribution in [2.24, 2.45) is 0 Å². The predicted octanol–water partition coefficient (Wildman–Crippen LogP) is 3.50. The second-order valence-corrected chi connectivity index (χ2v) is 6.23. The van der Waals surface area contributed by atoms with Crippen LogP contribution in [0.3, 0.4) is 0 Å². The first-order valence-corrected chi connectivity index (χ1v) is 8.71. The van der Waals surface area contributed by atoms with Crippen molar-refractivity contribution in [3.63, 3.8) is 0 Å². The van der Waals surface area contributed by atoms with Gasteiger partial charge in [0.05, 0.1) is 18.4 Å². The van der Waals surface area contributed by atoms with E-state index in [4.69, 9.17) is 9.47 Å². The summed E-state index contributed by atoms with van der Waals surface area (Å²) in [5.74, 6) is 0.446. The fraction of sp³-hybridized carbons (Fsp3) is 0.190. The van der Waals surface area contributed by atoms with E-state index in [0.717, 1.165) is 22.8 Å². The van der Waals surface area contributed by atoms with Crippen LogP contribution in [0, 0.1) is 13.8 Å². The number of imidazole rings is 1. The zero-order valence-corrected chi connectivity index (χ0v) is 15.9. The summed E-state index contributed by atoms with van der Waals surface area (Å²) in [5.41, 5.74) is 3.75. The van der Waals surface area contributed by atoms with Crippen LogP contribution in [0.2, 0.25) is 0 Å². The first kappa shape index (κ1) is 19.2. The Hall–Kier alpha value is -3.61. The third kappa shape index (κ3) is 4.56. The molecule has 0 aliphatic rings. The number of H-pyrrole nitrogens is 1. The molecule has 7 nitrogen and oxygen atoms in total. The van der Waals surface area contributed by atoms with E-state index >= 15 is 0 Å². The van der Waals surface area contributed by atoms with E-state index in [1.807, 2.05) is 13.8 Å². The van der Waals surface area contributed by atoms with Gasteiger partial charge in [-0.15, -0.1) is 0 Å². The van der Waals surface area contributed by atoms with Crippen molar-refractivity contribution in [3.05, 3.63) is 65.5 Å². The van der Waals surface area contributed by atoms with Gasteiger partial charge < -0.3 is 19.8 Å². The summed E-state index contributed by atoms with van der Waals surface area (Å²) in [4.78, 5) is 31.7. The van der Waals surface area contributed by atoms with Gasteiger partial charge in [0.15, 0.2) is 6.61 Å². The fourth-order valence-electron chi connectivity index (χ4n) is 2.53. The third-order valence-electron chi connectivity index (χ3n) is 4.23. The number of aromatic amines is 1. The Labute approximate surface area is 162 Å². The number of methoxy groups -OCH3 is 1. The SMILES string of the molecule is COc1ccc(NC(=O)COC(=O)c2ccc(-c3nc(C)c(C)[nH]3)cc2)cc1. The van der Waals surface area contributed by atoms with E-state index in [1.54, 1.807) is 55.6 Å². The lowest BCUT2D eigenvalue weighted by atomic mass is 10.1. The molecule has 0 fully saturated rings. The number of esters is 1. The lowest BCUT2D eigenvalue weighted by Gasteiger charge is -2.07. The quantitative estimate of drug-likeness (QED) is 0.640. The standard InChI is InChI=1S/C21H21N3O4/c1-13-14(2)23-20(22-13)15-4-6-16(7-5-15)21(26)28-12-19(25)24-17-8-10-18(27-3)11-9-17/h4-11H,12H2,1-3H3,(H,22,23)(H,24,25). The van der Waals surface area contributed by atoms with Gasteiger partial charge in [-0.1, -0.05) is 12.1 Å². The van der Waals surface area contributed by atoms with Crippen LogP contribution in [-0.4, -0.2) is 35.6 Å². The summed E-state index contributed by atoms with van der Waals surface area (Å²) in [6.07, 6.45) is 0. The topological polar surface area (TPSA) is 93.3 Å². The molecule has 1 aromatic heterocycles. The molecular formula is C21H21N3O4. The van der Waals surface area contributed by atoms with Crippen LogP contribution in [0.1, 0.15) is 21.7 Å². The first-order valence-electron chi connectivity index (χ1n) is 8.71. The van der Waals surface area contributed by atoms with Crippen molar-refractivity contribution in [2.45, 2.75) is 13.8 Å².